The van der Waals surface area contributed by atoms with Crippen LogP contribution >= 0.6 is 0 Å². The molecule has 0 radical (unpaired) electrons. The molecular weight excluding hydrogens is 258 g/mol. The van der Waals surface area contributed by atoms with E-state index in [1.165, 1.54) is 16.8 Å². The third-order valence-corrected chi connectivity index (χ3v) is 4.25. The van der Waals surface area contributed by atoms with E-state index in [9.17, 15) is 0 Å². The average Bonchev–Trinajstić information content (AvgIpc) is 2.55. The van der Waals surface area contributed by atoms with Gasteiger partial charge in [-0.2, -0.15) is 0 Å². The minimum absolute atomic E-state index is 0.791. The molecular formula is C18H17N3. The molecule has 0 fully saturated rings. The molecule has 2 aromatic carbocycles. The number of nitrogen functional groups attached to an aromatic ring is 1. The highest BCUT2D eigenvalue weighted by atomic mass is 15.1. The molecule has 3 nitrogen and oxygen atoms in total. The van der Waals surface area contributed by atoms with Crippen molar-refractivity contribution in [2.75, 3.05) is 17.2 Å². The van der Waals surface area contributed by atoms with Crippen LogP contribution in [0.4, 0.5) is 11.4 Å². The van der Waals surface area contributed by atoms with Gasteiger partial charge in [0.15, 0.2) is 0 Å². The third-order valence-electron chi connectivity index (χ3n) is 4.25. The summed E-state index contributed by atoms with van der Waals surface area (Å²) in [5.41, 5.74) is 11.9. The van der Waals surface area contributed by atoms with Crippen LogP contribution in [-0.4, -0.2) is 11.5 Å². The number of benzene rings is 2. The van der Waals surface area contributed by atoms with Gasteiger partial charge in [-0.15, -0.1) is 0 Å². The normalized spacial score (nSPS) is 14.2. The molecule has 2 N–H and O–H groups in total. The number of hydrogen-bond donors (Lipinski definition) is 1. The van der Waals surface area contributed by atoms with Gasteiger partial charge in [-0.3, -0.25) is 4.98 Å². The van der Waals surface area contributed by atoms with Crippen LogP contribution in [-0.2, 0) is 13.0 Å². The van der Waals surface area contributed by atoms with Crippen molar-refractivity contribution in [1.29, 1.82) is 0 Å². The SMILES string of the molecule is Nc1ccc(N2CCc3ccccc3C2)c2ncccc12. The molecule has 1 aromatic heterocycles. The lowest BCUT2D eigenvalue weighted by atomic mass is 9.99. The van der Waals surface area contributed by atoms with Crippen molar-refractivity contribution in [3.8, 4) is 0 Å². The quantitative estimate of drug-likeness (QED) is 0.692. The first kappa shape index (κ1) is 12.2. The number of aromatic nitrogens is 1. The van der Waals surface area contributed by atoms with E-state index in [1.54, 1.807) is 0 Å². The summed E-state index contributed by atoms with van der Waals surface area (Å²) >= 11 is 0. The lowest BCUT2D eigenvalue weighted by Crippen LogP contribution is -2.30. The van der Waals surface area contributed by atoms with E-state index in [0.29, 0.717) is 0 Å². The van der Waals surface area contributed by atoms with Gasteiger partial charge >= 0.3 is 0 Å². The molecule has 0 spiro atoms. The van der Waals surface area contributed by atoms with Crippen molar-refractivity contribution in [2.24, 2.45) is 0 Å². The van der Waals surface area contributed by atoms with E-state index in [4.69, 9.17) is 5.73 Å². The molecule has 0 aliphatic carbocycles. The van der Waals surface area contributed by atoms with Crippen molar-refractivity contribution >= 4 is 22.3 Å². The fraction of sp³-hybridized carbons (Fsp3) is 0.167. The summed E-state index contributed by atoms with van der Waals surface area (Å²) in [4.78, 5) is 6.95. The predicted molar refractivity (Wildman–Crippen MR) is 87.4 cm³/mol. The first-order chi connectivity index (χ1) is 10.3. The van der Waals surface area contributed by atoms with Gasteiger partial charge in [0.05, 0.1) is 11.2 Å². The molecule has 0 atom stereocenters. The number of nitrogens with two attached hydrogens (primary N) is 1. The van der Waals surface area contributed by atoms with Crippen LogP contribution in [0.5, 0.6) is 0 Å². The van der Waals surface area contributed by atoms with Crippen LogP contribution in [0, 0.1) is 0 Å². The molecule has 2 heterocycles. The van der Waals surface area contributed by atoms with Crippen molar-refractivity contribution in [3.63, 3.8) is 0 Å². The van der Waals surface area contributed by atoms with Crippen LogP contribution < -0.4 is 10.6 Å². The van der Waals surface area contributed by atoms with E-state index >= 15 is 0 Å². The Balaban J connectivity index is 1.80. The first-order valence-corrected chi connectivity index (χ1v) is 7.28. The van der Waals surface area contributed by atoms with Gasteiger partial charge in [0.25, 0.3) is 0 Å². The summed E-state index contributed by atoms with van der Waals surface area (Å²) in [6.07, 6.45) is 2.91. The van der Waals surface area contributed by atoms with Gasteiger partial charge in [0.2, 0.25) is 0 Å². The fourth-order valence-corrected chi connectivity index (χ4v) is 3.14. The number of anilines is 2. The molecule has 1 aliphatic rings. The molecule has 3 heteroatoms. The van der Waals surface area contributed by atoms with Gasteiger partial charge in [-0.1, -0.05) is 24.3 Å². The van der Waals surface area contributed by atoms with Gasteiger partial charge in [0, 0.05) is 30.4 Å². The summed E-state index contributed by atoms with van der Waals surface area (Å²) < 4.78 is 0. The second kappa shape index (κ2) is 4.77. The van der Waals surface area contributed by atoms with Crippen molar-refractivity contribution < 1.29 is 0 Å². The zero-order valence-electron chi connectivity index (χ0n) is 11.8. The van der Waals surface area contributed by atoms with E-state index in [0.717, 1.165) is 36.1 Å². The molecule has 4 rings (SSSR count). The average molecular weight is 275 g/mol. The maximum atomic E-state index is 6.07. The lowest BCUT2D eigenvalue weighted by molar-refractivity contribution is 0.733. The van der Waals surface area contributed by atoms with Crippen LogP contribution in [0.25, 0.3) is 10.9 Å². The Morgan fingerprint density at radius 2 is 1.81 bits per heavy atom. The molecule has 0 amide bonds. The number of pyridine rings is 1. The second-order valence-corrected chi connectivity index (χ2v) is 5.51. The Bertz CT molecular complexity index is 810. The van der Waals surface area contributed by atoms with Crippen LogP contribution in [0.2, 0.25) is 0 Å². The number of hydrogen-bond acceptors (Lipinski definition) is 3. The molecule has 21 heavy (non-hydrogen) atoms. The maximum absolute atomic E-state index is 6.07. The molecule has 0 bridgehead atoms. The highest BCUT2D eigenvalue weighted by Crippen LogP contribution is 2.32. The maximum Gasteiger partial charge on any atom is 0.0956 e. The minimum atomic E-state index is 0.791. The molecule has 1 aliphatic heterocycles. The van der Waals surface area contributed by atoms with Crippen molar-refractivity contribution in [1.82, 2.24) is 4.98 Å². The largest absolute Gasteiger partial charge is 0.398 e. The van der Waals surface area contributed by atoms with E-state index < -0.39 is 0 Å². The van der Waals surface area contributed by atoms with Gasteiger partial charge in [-0.25, -0.2) is 0 Å². The summed E-state index contributed by atoms with van der Waals surface area (Å²) in [6, 6.07) is 16.7. The Hall–Kier alpha value is -2.55. The standard InChI is InChI=1S/C18H17N3/c19-16-7-8-17(18-15(16)6-3-10-20-18)21-11-9-13-4-1-2-5-14(13)12-21/h1-8,10H,9,11-12,19H2. The molecule has 3 aromatic rings. The van der Waals surface area contributed by atoms with E-state index in [-0.39, 0.29) is 0 Å². The monoisotopic (exact) mass is 275 g/mol. The number of nitrogens with zero attached hydrogens (tertiary/aromatic N) is 2. The van der Waals surface area contributed by atoms with Crippen LogP contribution in [0.1, 0.15) is 11.1 Å². The fourth-order valence-electron chi connectivity index (χ4n) is 3.14. The van der Waals surface area contributed by atoms with E-state index in [1.807, 2.05) is 24.4 Å². The predicted octanol–water partition coefficient (Wildman–Crippen LogP) is 3.38. The second-order valence-electron chi connectivity index (χ2n) is 5.51. The third kappa shape index (κ3) is 2.02. The zero-order valence-corrected chi connectivity index (χ0v) is 11.8. The summed E-state index contributed by atoms with van der Waals surface area (Å²) in [5, 5.41) is 1.04. The van der Waals surface area contributed by atoms with Crippen LogP contribution in [0.3, 0.4) is 0 Å². The topological polar surface area (TPSA) is 42.1 Å². The van der Waals surface area contributed by atoms with E-state index in [2.05, 4.69) is 40.2 Å². The highest BCUT2D eigenvalue weighted by Gasteiger charge is 2.18. The number of rotatable bonds is 1. The van der Waals surface area contributed by atoms with Gasteiger partial charge in [0.1, 0.15) is 0 Å². The Morgan fingerprint density at radius 3 is 2.71 bits per heavy atom. The first-order valence-electron chi connectivity index (χ1n) is 7.28. The van der Waals surface area contributed by atoms with Crippen molar-refractivity contribution in [3.05, 3.63) is 65.9 Å². The minimum Gasteiger partial charge on any atom is -0.398 e. The Labute approximate surface area is 124 Å². The Kier molecular flexibility index (Phi) is 2.78. The van der Waals surface area contributed by atoms with Crippen LogP contribution in [0.15, 0.2) is 54.7 Å². The highest BCUT2D eigenvalue weighted by molar-refractivity contribution is 5.98. The molecule has 104 valence electrons. The zero-order chi connectivity index (χ0) is 14.2. The smallest absolute Gasteiger partial charge is 0.0956 e. The summed E-state index contributed by atoms with van der Waals surface area (Å²) in [7, 11) is 0. The van der Waals surface area contributed by atoms with Gasteiger partial charge < -0.3 is 10.6 Å². The molecule has 0 saturated carbocycles. The van der Waals surface area contributed by atoms with Gasteiger partial charge in [-0.05, 0) is 41.8 Å². The number of fused-ring (bicyclic) bond motifs is 2. The Morgan fingerprint density at radius 1 is 0.952 bits per heavy atom. The summed E-state index contributed by atoms with van der Waals surface area (Å²) in [6.45, 7) is 1.96. The lowest BCUT2D eigenvalue weighted by Gasteiger charge is -2.31. The molecule has 0 saturated heterocycles. The molecule has 0 unspecified atom stereocenters. The van der Waals surface area contributed by atoms with Crippen molar-refractivity contribution in [2.45, 2.75) is 13.0 Å². The summed E-state index contributed by atoms with van der Waals surface area (Å²) in [5.74, 6) is 0.